The van der Waals surface area contributed by atoms with Gasteiger partial charge in [0.05, 0.1) is 11.5 Å². The molecule has 1 N–H and O–H groups in total. The number of anilines is 1. The average Bonchev–Trinajstić information content (AvgIpc) is 3.06. The molecule has 1 aliphatic heterocycles. The monoisotopic (exact) mass is 360 g/mol. The minimum absolute atomic E-state index is 0.0617. The smallest absolute Gasteiger partial charge is 0.293 e. The third-order valence-corrected chi connectivity index (χ3v) is 4.31. The fourth-order valence-electron chi connectivity index (χ4n) is 2.98. The number of piperazine rings is 1. The molecule has 1 amide bonds. The van der Waals surface area contributed by atoms with Crippen molar-refractivity contribution in [2.45, 2.75) is 13.5 Å². The lowest BCUT2D eigenvalue weighted by Crippen LogP contribution is -2.46. The maximum atomic E-state index is 11.7. The number of nitrogens with zero attached hydrogens (tertiary/aromatic N) is 5. The first-order valence-corrected chi connectivity index (χ1v) is 8.25. The van der Waals surface area contributed by atoms with Crippen LogP contribution in [0.1, 0.15) is 22.1 Å². The molecule has 1 fully saturated rings. The van der Waals surface area contributed by atoms with Gasteiger partial charge in [-0.25, -0.2) is 0 Å². The zero-order valence-corrected chi connectivity index (χ0v) is 14.6. The maximum absolute atomic E-state index is 11.7. The number of rotatable bonds is 5. The molecule has 10 nitrogen and oxygen atoms in total. The van der Waals surface area contributed by atoms with Gasteiger partial charge in [0.15, 0.2) is 5.82 Å². The van der Waals surface area contributed by atoms with Crippen LogP contribution in [-0.4, -0.2) is 59.1 Å². The summed E-state index contributed by atoms with van der Waals surface area (Å²) in [7, 11) is 1.49. The number of amides is 1. The van der Waals surface area contributed by atoms with E-state index in [-0.39, 0.29) is 17.2 Å². The van der Waals surface area contributed by atoms with Crippen molar-refractivity contribution in [1.29, 1.82) is 0 Å². The Labute approximate surface area is 149 Å². The van der Waals surface area contributed by atoms with Gasteiger partial charge < -0.3 is 14.7 Å². The number of nitro groups is 1. The molecule has 1 aromatic carbocycles. The van der Waals surface area contributed by atoms with Crippen LogP contribution in [0.25, 0.3) is 0 Å². The van der Waals surface area contributed by atoms with Gasteiger partial charge >= 0.3 is 0 Å². The average molecular weight is 360 g/mol. The second-order valence-electron chi connectivity index (χ2n) is 6.03. The molecule has 138 valence electrons. The summed E-state index contributed by atoms with van der Waals surface area (Å²) in [5, 5.41) is 17.8. The van der Waals surface area contributed by atoms with Crippen molar-refractivity contribution >= 4 is 17.3 Å². The number of hydrogen-bond acceptors (Lipinski definition) is 8. The van der Waals surface area contributed by atoms with Gasteiger partial charge in [0, 0.05) is 51.8 Å². The fourth-order valence-corrected chi connectivity index (χ4v) is 2.98. The molecule has 2 heterocycles. The Morgan fingerprint density at radius 2 is 2.08 bits per heavy atom. The van der Waals surface area contributed by atoms with E-state index in [1.165, 1.54) is 13.1 Å². The fraction of sp³-hybridized carbons (Fsp3) is 0.438. The normalized spacial score (nSPS) is 15.1. The van der Waals surface area contributed by atoms with Gasteiger partial charge in [-0.2, -0.15) is 4.98 Å². The third kappa shape index (κ3) is 3.80. The van der Waals surface area contributed by atoms with Gasteiger partial charge in [0.2, 0.25) is 5.89 Å². The summed E-state index contributed by atoms with van der Waals surface area (Å²) in [6, 6.07) is 4.57. The highest BCUT2D eigenvalue weighted by Gasteiger charge is 2.25. The number of aromatic nitrogens is 2. The van der Waals surface area contributed by atoms with Crippen molar-refractivity contribution in [3.05, 3.63) is 45.6 Å². The summed E-state index contributed by atoms with van der Waals surface area (Å²) >= 11 is 0. The van der Waals surface area contributed by atoms with Crippen LogP contribution in [0.2, 0.25) is 0 Å². The van der Waals surface area contributed by atoms with Crippen molar-refractivity contribution in [3.63, 3.8) is 0 Å². The minimum Gasteiger partial charge on any atom is -0.363 e. The second-order valence-corrected chi connectivity index (χ2v) is 6.03. The van der Waals surface area contributed by atoms with Gasteiger partial charge in [-0.15, -0.1) is 0 Å². The zero-order valence-electron chi connectivity index (χ0n) is 14.6. The highest BCUT2D eigenvalue weighted by Crippen LogP contribution is 2.30. The van der Waals surface area contributed by atoms with E-state index < -0.39 is 4.92 Å². The summed E-state index contributed by atoms with van der Waals surface area (Å²) in [6.07, 6.45) is 0. The highest BCUT2D eigenvalue weighted by atomic mass is 16.6. The van der Waals surface area contributed by atoms with Gasteiger partial charge in [0.1, 0.15) is 5.69 Å². The molecule has 3 rings (SSSR count). The lowest BCUT2D eigenvalue weighted by molar-refractivity contribution is -0.384. The Kier molecular flexibility index (Phi) is 5.12. The van der Waals surface area contributed by atoms with Crippen molar-refractivity contribution in [2.75, 3.05) is 38.1 Å². The van der Waals surface area contributed by atoms with Crippen LogP contribution in [0.15, 0.2) is 22.7 Å². The number of carbonyl (C=O) groups is 1. The second kappa shape index (κ2) is 7.48. The molecule has 1 aliphatic rings. The summed E-state index contributed by atoms with van der Waals surface area (Å²) in [4.78, 5) is 31.0. The zero-order chi connectivity index (χ0) is 18.7. The van der Waals surface area contributed by atoms with Crippen LogP contribution in [0.5, 0.6) is 0 Å². The van der Waals surface area contributed by atoms with Gasteiger partial charge in [-0.05, 0) is 12.1 Å². The van der Waals surface area contributed by atoms with Crippen molar-refractivity contribution < 1.29 is 14.2 Å². The SMILES string of the molecule is CNC(=O)c1ccc(N2CCN(Cc3noc(C)n3)CC2)c([N+](=O)[O-])c1. The molecule has 0 unspecified atom stereocenters. The first-order valence-electron chi connectivity index (χ1n) is 8.25. The topological polar surface area (TPSA) is 118 Å². The lowest BCUT2D eigenvalue weighted by Gasteiger charge is -2.35. The van der Waals surface area contributed by atoms with E-state index in [0.717, 1.165) is 13.1 Å². The predicted octanol–water partition coefficient (Wildman–Crippen LogP) is 0.968. The van der Waals surface area contributed by atoms with E-state index in [9.17, 15) is 14.9 Å². The Morgan fingerprint density at radius 3 is 2.65 bits per heavy atom. The predicted molar refractivity (Wildman–Crippen MR) is 93.0 cm³/mol. The molecule has 26 heavy (non-hydrogen) atoms. The standard InChI is InChI=1S/C16H20N6O4/c1-11-18-15(19-26-11)10-20-5-7-21(8-6-20)13-4-3-12(16(23)17-2)9-14(13)22(24)25/h3-4,9H,5-8,10H2,1-2H3,(H,17,23). The Hall–Kier alpha value is -3.01. The summed E-state index contributed by atoms with van der Waals surface area (Å²) in [5.74, 6) is 0.821. The van der Waals surface area contributed by atoms with Crippen molar-refractivity contribution in [1.82, 2.24) is 20.4 Å². The van der Waals surface area contributed by atoms with E-state index in [1.54, 1.807) is 19.1 Å². The molecule has 0 aliphatic carbocycles. The third-order valence-electron chi connectivity index (χ3n) is 4.31. The number of benzene rings is 1. The van der Waals surface area contributed by atoms with Gasteiger partial charge in [-0.1, -0.05) is 5.16 Å². The summed E-state index contributed by atoms with van der Waals surface area (Å²) in [6.45, 7) is 5.05. The molecular formula is C16H20N6O4. The number of carbonyl (C=O) groups excluding carboxylic acids is 1. The van der Waals surface area contributed by atoms with E-state index >= 15 is 0 Å². The molecule has 2 aromatic rings. The Balaban J connectivity index is 1.70. The van der Waals surface area contributed by atoms with Gasteiger partial charge in [-0.3, -0.25) is 19.8 Å². The van der Waals surface area contributed by atoms with Crippen LogP contribution < -0.4 is 10.2 Å². The van der Waals surface area contributed by atoms with Crippen LogP contribution in [0, 0.1) is 17.0 Å². The number of nitro benzene ring substituents is 1. The molecule has 0 atom stereocenters. The van der Waals surface area contributed by atoms with E-state index in [0.29, 0.717) is 37.0 Å². The van der Waals surface area contributed by atoms with Gasteiger partial charge in [0.25, 0.3) is 11.6 Å². The summed E-state index contributed by atoms with van der Waals surface area (Å²) < 4.78 is 4.97. The lowest BCUT2D eigenvalue weighted by atomic mass is 10.1. The van der Waals surface area contributed by atoms with Crippen LogP contribution >= 0.6 is 0 Å². The Bertz CT molecular complexity index is 813. The molecule has 0 saturated carbocycles. The number of aryl methyl sites for hydroxylation is 1. The molecule has 0 bridgehead atoms. The quantitative estimate of drug-likeness (QED) is 0.619. The largest absolute Gasteiger partial charge is 0.363 e. The first-order chi connectivity index (χ1) is 12.5. The number of hydrogen-bond donors (Lipinski definition) is 1. The Morgan fingerprint density at radius 1 is 1.35 bits per heavy atom. The number of nitrogens with one attached hydrogen (secondary N) is 1. The highest BCUT2D eigenvalue weighted by molar-refractivity contribution is 5.95. The van der Waals surface area contributed by atoms with E-state index in [1.807, 2.05) is 4.90 Å². The summed E-state index contributed by atoms with van der Waals surface area (Å²) in [5.41, 5.74) is 0.736. The van der Waals surface area contributed by atoms with E-state index in [2.05, 4.69) is 20.4 Å². The minimum atomic E-state index is -0.448. The van der Waals surface area contributed by atoms with Crippen LogP contribution in [0.3, 0.4) is 0 Å². The molecular weight excluding hydrogens is 340 g/mol. The molecule has 0 radical (unpaired) electrons. The molecule has 1 saturated heterocycles. The van der Waals surface area contributed by atoms with Crippen LogP contribution in [0.4, 0.5) is 11.4 Å². The van der Waals surface area contributed by atoms with Crippen molar-refractivity contribution in [2.24, 2.45) is 0 Å². The molecule has 0 spiro atoms. The molecule has 10 heteroatoms. The molecule has 1 aromatic heterocycles. The maximum Gasteiger partial charge on any atom is 0.293 e. The van der Waals surface area contributed by atoms with Crippen molar-refractivity contribution in [3.8, 4) is 0 Å². The first kappa shape index (κ1) is 17.8. The van der Waals surface area contributed by atoms with E-state index in [4.69, 9.17) is 4.52 Å². The van der Waals surface area contributed by atoms with Crippen LogP contribution in [-0.2, 0) is 6.54 Å².